The molecule has 0 aliphatic carbocycles. The van der Waals surface area contributed by atoms with Crippen LogP contribution >= 0.6 is 0 Å². The zero-order valence-corrected chi connectivity index (χ0v) is 11.2. The molecule has 0 bridgehead atoms. The van der Waals surface area contributed by atoms with Crippen LogP contribution in [0.4, 0.5) is 11.6 Å². The number of aromatic nitrogens is 2. The molecule has 0 amide bonds. The van der Waals surface area contributed by atoms with E-state index in [2.05, 4.69) is 16.0 Å². The number of para-hydroxylation sites is 2. The average molecular weight is 255 g/mol. The summed E-state index contributed by atoms with van der Waals surface area (Å²) in [6.45, 7) is 4.70. The molecule has 0 saturated heterocycles. The molecule has 98 valence electrons. The summed E-state index contributed by atoms with van der Waals surface area (Å²) in [4.78, 5) is 11.0. The number of rotatable bonds is 4. The van der Waals surface area contributed by atoms with Gasteiger partial charge in [-0.25, -0.2) is 9.97 Å². The van der Waals surface area contributed by atoms with Crippen LogP contribution in [0.15, 0.2) is 24.3 Å². The lowest BCUT2D eigenvalue weighted by Gasteiger charge is -2.27. The minimum absolute atomic E-state index is 0.214. The average Bonchev–Trinajstić information content (AvgIpc) is 2.39. The Morgan fingerprint density at radius 2 is 1.89 bits per heavy atom. The predicted octanol–water partition coefficient (Wildman–Crippen LogP) is 2.34. The topological polar surface area (TPSA) is 78.8 Å². The van der Waals surface area contributed by atoms with Crippen molar-refractivity contribution >= 4 is 22.7 Å². The van der Waals surface area contributed by atoms with Gasteiger partial charge in [-0.1, -0.05) is 12.1 Å². The van der Waals surface area contributed by atoms with Gasteiger partial charge in [-0.15, -0.1) is 0 Å². The summed E-state index contributed by atoms with van der Waals surface area (Å²) in [5, 5.41) is 8.74. The quantitative estimate of drug-likeness (QED) is 0.907. The van der Waals surface area contributed by atoms with E-state index >= 15 is 0 Å². The van der Waals surface area contributed by atoms with Gasteiger partial charge in [-0.05, 0) is 26.0 Å². The first-order valence-corrected chi connectivity index (χ1v) is 6.29. The second-order valence-corrected chi connectivity index (χ2v) is 4.62. The molecule has 2 rings (SSSR count). The molecule has 5 nitrogen and oxygen atoms in total. The maximum atomic E-state index is 8.74. The molecule has 5 heteroatoms. The molecule has 19 heavy (non-hydrogen) atoms. The highest BCUT2D eigenvalue weighted by atomic mass is 15.2. The van der Waals surface area contributed by atoms with E-state index in [1.54, 1.807) is 0 Å². The van der Waals surface area contributed by atoms with Crippen LogP contribution in [0.25, 0.3) is 11.0 Å². The number of nitrogens with zero attached hydrogens (tertiary/aromatic N) is 4. The van der Waals surface area contributed by atoms with Crippen LogP contribution in [0.5, 0.6) is 0 Å². The Kier molecular flexibility index (Phi) is 3.81. The Bertz CT molecular complexity index is 615. The summed E-state index contributed by atoms with van der Waals surface area (Å²) in [7, 11) is 0. The van der Waals surface area contributed by atoms with Crippen molar-refractivity contribution in [3.63, 3.8) is 0 Å². The van der Waals surface area contributed by atoms with Gasteiger partial charge in [0.25, 0.3) is 0 Å². The Morgan fingerprint density at radius 1 is 1.26 bits per heavy atom. The third-order valence-corrected chi connectivity index (χ3v) is 2.94. The molecule has 1 heterocycles. The Labute approximate surface area is 112 Å². The highest BCUT2D eigenvalue weighted by Crippen LogP contribution is 2.24. The van der Waals surface area contributed by atoms with E-state index in [4.69, 9.17) is 11.0 Å². The summed E-state index contributed by atoms with van der Waals surface area (Å²) >= 11 is 0. The van der Waals surface area contributed by atoms with Crippen molar-refractivity contribution in [2.24, 2.45) is 0 Å². The van der Waals surface area contributed by atoms with Crippen molar-refractivity contribution in [2.75, 3.05) is 17.2 Å². The molecule has 2 aromatic rings. The van der Waals surface area contributed by atoms with Crippen LogP contribution in [-0.2, 0) is 0 Å². The smallest absolute Gasteiger partial charge is 0.172 e. The van der Waals surface area contributed by atoms with Crippen molar-refractivity contribution in [1.82, 2.24) is 9.97 Å². The fourth-order valence-corrected chi connectivity index (χ4v) is 1.99. The van der Waals surface area contributed by atoms with Crippen LogP contribution in [0.3, 0.4) is 0 Å². The second-order valence-electron chi connectivity index (χ2n) is 4.62. The summed E-state index contributed by atoms with van der Waals surface area (Å²) in [5.41, 5.74) is 7.60. The summed E-state index contributed by atoms with van der Waals surface area (Å²) < 4.78 is 0. The third kappa shape index (κ3) is 2.74. The molecule has 0 unspecified atom stereocenters. The van der Waals surface area contributed by atoms with Crippen molar-refractivity contribution in [3.05, 3.63) is 24.3 Å². The fraction of sp³-hybridized carbons (Fsp3) is 0.357. The lowest BCUT2D eigenvalue weighted by molar-refractivity contribution is 0.678. The number of hydrogen-bond donors (Lipinski definition) is 1. The van der Waals surface area contributed by atoms with Gasteiger partial charge < -0.3 is 10.6 Å². The molecule has 0 spiro atoms. The van der Waals surface area contributed by atoms with Crippen molar-refractivity contribution in [3.8, 4) is 6.07 Å². The zero-order valence-electron chi connectivity index (χ0n) is 11.2. The molecule has 0 atom stereocenters. The van der Waals surface area contributed by atoms with Gasteiger partial charge in [0.15, 0.2) is 11.6 Å². The molecular weight excluding hydrogens is 238 g/mol. The van der Waals surface area contributed by atoms with E-state index in [9.17, 15) is 0 Å². The lowest BCUT2D eigenvalue weighted by atomic mass is 10.2. The Hall–Kier alpha value is -2.35. The van der Waals surface area contributed by atoms with Gasteiger partial charge in [0.1, 0.15) is 0 Å². The van der Waals surface area contributed by atoms with Crippen molar-refractivity contribution in [1.29, 1.82) is 5.26 Å². The normalized spacial score (nSPS) is 10.6. The van der Waals surface area contributed by atoms with Gasteiger partial charge in [0.05, 0.1) is 23.5 Å². The van der Waals surface area contributed by atoms with E-state index in [1.807, 2.05) is 43.0 Å². The molecule has 0 radical (unpaired) electrons. The van der Waals surface area contributed by atoms with Gasteiger partial charge in [0, 0.05) is 12.6 Å². The van der Waals surface area contributed by atoms with Crippen LogP contribution in [0.1, 0.15) is 20.3 Å². The number of nitrogens with two attached hydrogens (primary N) is 1. The minimum atomic E-state index is 0.214. The van der Waals surface area contributed by atoms with Crippen LogP contribution in [-0.4, -0.2) is 22.6 Å². The van der Waals surface area contributed by atoms with E-state index in [1.165, 1.54) is 0 Å². The van der Waals surface area contributed by atoms with Crippen molar-refractivity contribution < 1.29 is 0 Å². The molecule has 2 N–H and O–H groups in total. The van der Waals surface area contributed by atoms with Gasteiger partial charge in [-0.2, -0.15) is 5.26 Å². The first-order valence-electron chi connectivity index (χ1n) is 6.29. The van der Waals surface area contributed by atoms with Crippen LogP contribution in [0.2, 0.25) is 0 Å². The maximum Gasteiger partial charge on any atom is 0.172 e. The number of fused-ring (bicyclic) bond motifs is 1. The number of hydrogen-bond acceptors (Lipinski definition) is 5. The predicted molar refractivity (Wildman–Crippen MR) is 76.7 cm³/mol. The van der Waals surface area contributed by atoms with E-state index in [0.29, 0.717) is 24.6 Å². The molecule has 1 aromatic heterocycles. The SMILES string of the molecule is CC(C)N(CCC#N)c1nc2ccccc2nc1N. The van der Waals surface area contributed by atoms with E-state index < -0.39 is 0 Å². The van der Waals surface area contributed by atoms with Gasteiger partial charge in [-0.3, -0.25) is 0 Å². The Balaban J connectivity index is 2.47. The fourth-order valence-electron chi connectivity index (χ4n) is 1.99. The first kappa shape index (κ1) is 13.1. The number of anilines is 2. The van der Waals surface area contributed by atoms with Crippen LogP contribution in [0, 0.1) is 11.3 Å². The van der Waals surface area contributed by atoms with Gasteiger partial charge >= 0.3 is 0 Å². The summed E-state index contributed by atoms with van der Waals surface area (Å²) in [6, 6.07) is 9.99. The molecular formula is C14H17N5. The number of benzene rings is 1. The zero-order chi connectivity index (χ0) is 13.8. The largest absolute Gasteiger partial charge is 0.381 e. The molecule has 1 aromatic carbocycles. The second kappa shape index (κ2) is 5.53. The van der Waals surface area contributed by atoms with Gasteiger partial charge in [0.2, 0.25) is 0 Å². The highest BCUT2D eigenvalue weighted by Gasteiger charge is 2.16. The van der Waals surface area contributed by atoms with E-state index in [-0.39, 0.29) is 6.04 Å². The molecule has 0 fully saturated rings. The van der Waals surface area contributed by atoms with E-state index in [0.717, 1.165) is 11.0 Å². The first-order chi connectivity index (χ1) is 9.13. The molecule has 0 aliphatic heterocycles. The maximum absolute atomic E-state index is 8.74. The van der Waals surface area contributed by atoms with Crippen LogP contribution < -0.4 is 10.6 Å². The third-order valence-electron chi connectivity index (χ3n) is 2.94. The summed E-state index contributed by atoms with van der Waals surface area (Å²) in [5.74, 6) is 1.06. The number of nitrogen functional groups attached to an aromatic ring is 1. The van der Waals surface area contributed by atoms with Crippen molar-refractivity contribution in [2.45, 2.75) is 26.3 Å². The highest BCUT2D eigenvalue weighted by molar-refractivity contribution is 5.79. The monoisotopic (exact) mass is 255 g/mol. The number of nitriles is 1. The molecule has 0 aliphatic rings. The standard InChI is InChI=1S/C14H17N5/c1-10(2)19(9-5-8-15)14-13(16)17-11-6-3-4-7-12(11)18-14/h3-4,6-7,10H,5,9H2,1-2H3,(H2,16,17). The lowest BCUT2D eigenvalue weighted by Crippen LogP contribution is -2.33. The minimum Gasteiger partial charge on any atom is -0.381 e. The summed E-state index contributed by atoms with van der Waals surface area (Å²) in [6.07, 6.45) is 0.437. The molecule has 0 saturated carbocycles. The Morgan fingerprint density at radius 3 is 2.47 bits per heavy atom.